The predicted molar refractivity (Wildman–Crippen MR) is 61.3 cm³/mol. The number of amides is 1. The fraction of sp³-hybridized carbons (Fsp3) is 0.583. The van der Waals surface area contributed by atoms with Crippen molar-refractivity contribution in [3.8, 4) is 0 Å². The van der Waals surface area contributed by atoms with Gasteiger partial charge in [-0.05, 0) is 18.6 Å². The van der Waals surface area contributed by atoms with E-state index in [0.29, 0.717) is 18.8 Å². The van der Waals surface area contributed by atoms with Crippen molar-refractivity contribution < 1.29 is 27.1 Å². The molecule has 0 saturated carbocycles. The van der Waals surface area contributed by atoms with Gasteiger partial charge in [0.05, 0.1) is 12.8 Å². The molecular weight excluding hydrogens is 263 g/mol. The van der Waals surface area contributed by atoms with E-state index in [1.165, 1.54) is 19.4 Å². The Kier molecular flexibility index (Phi) is 5.88. The van der Waals surface area contributed by atoms with E-state index >= 15 is 0 Å². The first-order chi connectivity index (χ1) is 8.92. The Hall–Kier alpha value is -1.50. The molecule has 1 aromatic heterocycles. The topological polar surface area (TPSA) is 42.7 Å². The Morgan fingerprint density at radius 3 is 2.74 bits per heavy atom. The van der Waals surface area contributed by atoms with Crippen molar-refractivity contribution in [1.82, 2.24) is 4.90 Å². The van der Waals surface area contributed by atoms with E-state index in [1.54, 1.807) is 6.07 Å². The molecule has 0 spiro atoms. The van der Waals surface area contributed by atoms with Gasteiger partial charge in [-0.2, -0.15) is 13.2 Å². The highest BCUT2D eigenvalue weighted by Crippen LogP contribution is 2.19. The average molecular weight is 279 g/mol. The smallest absolute Gasteiger partial charge is 0.406 e. The second-order valence-electron chi connectivity index (χ2n) is 4.04. The normalized spacial score (nSPS) is 11.6. The Morgan fingerprint density at radius 1 is 1.47 bits per heavy atom. The van der Waals surface area contributed by atoms with Crippen molar-refractivity contribution >= 4 is 5.91 Å². The van der Waals surface area contributed by atoms with Gasteiger partial charge in [0, 0.05) is 20.1 Å². The van der Waals surface area contributed by atoms with Crippen LogP contribution in [0.5, 0.6) is 0 Å². The molecular formula is C12H16F3NO3. The lowest BCUT2D eigenvalue weighted by Crippen LogP contribution is -2.38. The Balaban J connectivity index is 2.60. The van der Waals surface area contributed by atoms with Gasteiger partial charge in [0.15, 0.2) is 0 Å². The third kappa shape index (κ3) is 6.28. The predicted octanol–water partition coefficient (Wildman–Crippen LogP) is 2.60. The molecule has 0 radical (unpaired) electrons. The molecule has 0 atom stereocenters. The molecule has 0 aliphatic heterocycles. The van der Waals surface area contributed by atoms with Gasteiger partial charge in [0.1, 0.15) is 12.3 Å². The van der Waals surface area contributed by atoms with Gasteiger partial charge in [-0.1, -0.05) is 0 Å². The van der Waals surface area contributed by atoms with E-state index in [-0.39, 0.29) is 13.0 Å². The van der Waals surface area contributed by atoms with Crippen LogP contribution in [0.3, 0.4) is 0 Å². The number of methoxy groups -OCH3 is 1. The maximum atomic E-state index is 12.4. The van der Waals surface area contributed by atoms with Crippen molar-refractivity contribution in [1.29, 1.82) is 0 Å². The summed E-state index contributed by atoms with van der Waals surface area (Å²) in [4.78, 5) is 12.5. The van der Waals surface area contributed by atoms with Crippen LogP contribution in [0.2, 0.25) is 0 Å². The van der Waals surface area contributed by atoms with Gasteiger partial charge in [0.25, 0.3) is 0 Å². The maximum absolute atomic E-state index is 12.4. The van der Waals surface area contributed by atoms with Crippen LogP contribution in [0.1, 0.15) is 18.6 Å². The first-order valence-electron chi connectivity index (χ1n) is 5.78. The minimum Gasteiger partial charge on any atom is -0.467 e. The van der Waals surface area contributed by atoms with Crippen LogP contribution in [-0.2, 0) is 16.1 Å². The summed E-state index contributed by atoms with van der Waals surface area (Å²) >= 11 is 0. The molecule has 0 aliphatic rings. The van der Waals surface area contributed by atoms with Crippen LogP contribution in [0, 0.1) is 0 Å². The quantitative estimate of drug-likeness (QED) is 0.720. The highest BCUT2D eigenvalue weighted by molar-refractivity contribution is 5.76. The summed E-state index contributed by atoms with van der Waals surface area (Å²) in [6.45, 7) is -1.12. The summed E-state index contributed by atoms with van der Waals surface area (Å²) < 4.78 is 47.0. The number of hydrogen-bond donors (Lipinski definition) is 0. The van der Waals surface area contributed by atoms with Gasteiger partial charge < -0.3 is 14.1 Å². The molecule has 0 aromatic carbocycles. The number of carbonyl (C=O) groups excluding carboxylic acids is 1. The van der Waals surface area contributed by atoms with E-state index in [9.17, 15) is 18.0 Å². The summed E-state index contributed by atoms with van der Waals surface area (Å²) in [5.41, 5.74) is 0. The second kappa shape index (κ2) is 7.18. The van der Waals surface area contributed by atoms with Crippen LogP contribution in [0.15, 0.2) is 22.8 Å². The fourth-order valence-corrected chi connectivity index (χ4v) is 1.57. The lowest BCUT2D eigenvalue weighted by atomic mass is 10.2. The van der Waals surface area contributed by atoms with Gasteiger partial charge in [0.2, 0.25) is 5.91 Å². The monoisotopic (exact) mass is 279 g/mol. The van der Waals surface area contributed by atoms with Crippen LogP contribution >= 0.6 is 0 Å². The minimum atomic E-state index is -4.43. The van der Waals surface area contributed by atoms with Crippen LogP contribution in [-0.4, -0.2) is 37.2 Å². The van der Waals surface area contributed by atoms with E-state index in [0.717, 1.165) is 4.90 Å². The minimum absolute atomic E-state index is 0.0185. The van der Waals surface area contributed by atoms with E-state index < -0.39 is 18.6 Å². The van der Waals surface area contributed by atoms with E-state index in [2.05, 4.69) is 0 Å². The lowest BCUT2D eigenvalue weighted by Gasteiger charge is -2.23. The highest BCUT2D eigenvalue weighted by atomic mass is 19.4. The third-order valence-electron chi connectivity index (χ3n) is 2.39. The summed E-state index contributed by atoms with van der Waals surface area (Å²) in [6.07, 6.45) is -2.66. The summed E-state index contributed by atoms with van der Waals surface area (Å²) in [7, 11) is 1.47. The zero-order valence-corrected chi connectivity index (χ0v) is 10.6. The van der Waals surface area contributed by atoms with Crippen molar-refractivity contribution in [2.75, 3.05) is 20.3 Å². The first kappa shape index (κ1) is 15.6. The molecule has 1 aromatic rings. The zero-order valence-electron chi connectivity index (χ0n) is 10.6. The van der Waals surface area contributed by atoms with Crippen LogP contribution in [0.4, 0.5) is 13.2 Å². The summed E-state index contributed by atoms with van der Waals surface area (Å²) in [5, 5.41) is 0. The SMILES string of the molecule is COCCCC(=O)N(Cc1ccco1)CC(F)(F)F. The number of carbonyl (C=O) groups is 1. The number of alkyl halides is 3. The summed E-state index contributed by atoms with van der Waals surface area (Å²) in [5.74, 6) is -0.241. The average Bonchev–Trinajstić information content (AvgIpc) is 2.79. The Labute approximate surface area is 109 Å². The van der Waals surface area contributed by atoms with E-state index in [4.69, 9.17) is 9.15 Å². The molecule has 19 heavy (non-hydrogen) atoms. The van der Waals surface area contributed by atoms with Crippen LogP contribution in [0.25, 0.3) is 0 Å². The van der Waals surface area contributed by atoms with Gasteiger partial charge in [-0.3, -0.25) is 4.79 Å². The molecule has 0 unspecified atom stereocenters. The molecule has 0 aliphatic carbocycles. The molecule has 0 fully saturated rings. The highest BCUT2D eigenvalue weighted by Gasteiger charge is 2.33. The second-order valence-corrected chi connectivity index (χ2v) is 4.04. The third-order valence-corrected chi connectivity index (χ3v) is 2.39. The fourth-order valence-electron chi connectivity index (χ4n) is 1.57. The standard InChI is InChI=1S/C12H16F3NO3/c1-18-6-3-5-11(17)16(9-12(13,14)15)8-10-4-2-7-19-10/h2,4,7H,3,5-6,8-9H2,1H3. The molecule has 1 heterocycles. The number of ether oxygens (including phenoxy) is 1. The molecule has 108 valence electrons. The first-order valence-corrected chi connectivity index (χ1v) is 5.78. The van der Waals surface area contributed by atoms with Crippen molar-refractivity contribution in [3.63, 3.8) is 0 Å². The molecule has 7 heteroatoms. The number of hydrogen-bond acceptors (Lipinski definition) is 3. The zero-order chi connectivity index (χ0) is 14.3. The van der Waals surface area contributed by atoms with Gasteiger partial charge in [-0.25, -0.2) is 0 Å². The lowest BCUT2D eigenvalue weighted by molar-refractivity contribution is -0.163. The summed E-state index contributed by atoms with van der Waals surface area (Å²) in [6, 6.07) is 3.10. The number of halogens is 3. The van der Waals surface area contributed by atoms with Gasteiger partial charge >= 0.3 is 6.18 Å². The van der Waals surface area contributed by atoms with Crippen molar-refractivity contribution in [2.45, 2.75) is 25.6 Å². The Bertz CT molecular complexity index is 376. The van der Waals surface area contributed by atoms with Crippen LogP contribution < -0.4 is 0 Å². The number of nitrogens with zero attached hydrogens (tertiary/aromatic N) is 1. The molecule has 0 bridgehead atoms. The number of furan rings is 1. The molecule has 0 N–H and O–H groups in total. The largest absolute Gasteiger partial charge is 0.467 e. The van der Waals surface area contributed by atoms with E-state index in [1.807, 2.05) is 0 Å². The van der Waals surface area contributed by atoms with Crippen molar-refractivity contribution in [2.24, 2.45) is 0 Å². The van der Waals surface area contributed by atoms with Crippen molar-refractivity contribution in [3.05, 3.63) is 24.2 Å². The van der Waals surface area contributed by atoms with Gasteiger partial charge in [-0.15, -0.1) is 0 Å². The molecule has 0 saturated heterocycles. The maximum Gasteiger partial charge on any atom is 0.406 e. The molecule has 1 amide bonds. The molecule has 4 nitrogen and oxygen atoms in total. The number of rotatable bonds is 7. The molecule has 1 rings (SSSR count). The Morgan fingerprint density at radius 2 is 2.21 bits per heavy atom.